The molecule has 0 spiro atoms. The fourth-order valence-corrected chi connectivity index (χ4v) is 3.16. The van der Waals surface area contributed by atoms with Gasteiger partial charge in [0, 0.05) is 6.26 Å². The van der Waals surface area contributed by atoms with Crippen LogP contribution in [0.2, 0.25) is 0 Å². The molecule has 0 bridgehead atoms. The van der Waals surface area contributed by atoms with Gasteiger partial charge in [-0.25, -0.2) is 22.2 Å². The van der Waals surface area contributed by atoms with Gasteiger partial charge in [0.2, 0.25) is 15.8 Å². The lowest BCUT2D eigenvalue weighted by molar-refractivity contribution is -0.136. The molecule has 0 amide bonds. The highest BCUT2D eigenvalue weighted by atomic mass is 32.2. The van der Waals surface area contributed by atoms with Gasteiger partial charge in [0.1, 0.15) is 16.9 Å². The van der Waals surface area contributed by atoms with Gasteiger partial charge in [-0.1, -0.05) is 0 Å². The van der Waals surface area contributed by atoms with E-state index in [-0.39, 0.29) is 29.4 Å². The number of hydrogen-bond acceptors (Lipinski definition) is 7. The number of alkyl halides is 3. The van der Waals surface area contributed by atoms with E-state index in [1.807, 2.05) is 0 Å². The molecule has 9 nitrogen and oxygen atoms in total. The van der Waals surface area contributed by atoms with Gasteiger partial charge in [-0.05, 0) is 12.1 Å². The van der Waals surface area contributed by atoms with Crippen LogP contribution in [0.1, 0.15) is 11.4 Å². The molecule has 0 unspecified atom stereocenters. The summed E-state index contributed by atoms with van der Waals surface area (Å²) in [4.78, 5) is 13.8. The second kappa shape index (κ2) is 6.58. The number of halogens is 5. The molecule has 30 heavy (non-hydrogen) atoms. The Kier molecular flexibility index (Phi) is 4.37. The predicted molar refractivity (Wildman–Crippen MR) is 92.2 cm³/mol. The maximum atomic E-state index is 13.8. The maximum absolute atomic E-state index is 13.8. The fourth-order valence-electron chi connectivity index (χ4n) is 2.65. The Balaban J connectivity index is 1.77. The molecule has 0 saturated heterocycles. The number of sulfone groups is 1. The summed E-state index contributed by atoms with van der Waals surface area (Å²) in [5.74, 6) is -2.55. The van der Waals surface area contributed by atoms with Crippen molar-refractivity contribution < 1.29 is 30.4 Å². The minimum Gasteiger partial charge on any atom is -0.347 e. The van der Waals surface area contributed by atoms with Crippen LogP contribution in [0.25, 0.3) is 16.7 Å². The van der Waals surface area contributed by atoms with Crippen molar-refractivity contribution in [2.24, 2.45) is 0 Å². The lowest BCUT2D eigenvalue weighted by Crippen LogP contribution is -2.15. The second-order valence-corrected chi connectivity index (χ2v) is 8.10. The number of H-pyrrole nitrogens is 1. The average molecular weight is 447 g/mol. The number of anilines is 1. The van der Waals surface area contributed by atoms with Gasteiger partial charge in [0.05, 0.1) is 18.3 Å². The SMILES string of the molecule is CS(=O)(=O)c1nc(NCc2nc3c(F)c(F)ccc3[nH]2)n2ncc(C(F)(F)F)c2n1. The van der Waals surface area contributed by atoms with Crippen molar-refractivity contribution in [1.29, 1.82) is 0 Å². The van der Waals surface area contributed by atoms with Crippen molar-refractivity contribution in [3.8, 4) is 0 Å². The number of benzene rings is 1. The van der Waals surface area contributed by atoms with Crippen molar-refractivity contribution >= 4 is 32.5 Å². The summed E-state index contributed by atoms with van der Waals surface area (Å²) in [6.45, 7) is -0.244. The van der Waals surface area contributed by atoms with Crippen LogP contribution < -0.4 is 5.32 Å². The number of aromatic nitrogens is 6. The minimum atomic E-state index is -4.83. The lowest BCUT2D eigenvalue weighted by atomic mass is 10.3. The van der Waals surface area contributed by atoms with E-state index >= 15 is 0 Å². The Labute approximate surface area is 163 Å². The zero-order chi connectivity index (χ0) is 21.8. The summed E-state index contributed by atoms with van der Waals surface area (Å²) < 4.78 is 91.0. The van der Waals surface area contributed by atoms with Crippen LogP contribution in [0, 0.1) is 11.6 Å². The van der Waals surface area contributed by atoms with E-state index in [0.29, 0.717) is 10.7 Å². The van der Waals surface area contributed by atoms with E-state index in [1.54, 1.807) is 0 Å². The monoisotopic (exact) mass is 447 g/mol. The van der Waals surface area contributed by atoms with Gasteiger partial charge in [-0.2, -0.15) is 32.8 Å². The average Bonchev–Trinajstić information content (AvgIpc) is 3.26. The number of rotatable bonds is 4. The van der Waals surface area contributed by atoms with Crippen LogP contribution in [0.4, 0.5) is 27.9 Å². The molecular formula is C15H10F5N7O2S. The third kappa shape index (κ3) is 3.40. The summed E-state index contributed by atoms with van der Waals surface area (Å²) in [7, 11) is -4.06. The molecule has 4 rings (SSSR count). The van der Waals surface area contributed by atoms with Gasteiger partial charge in [-0.3, -0.25) is 0 Å². The smallest absolute Gasteiger partial charge is 0.347 e. The summed E-state index contributed by atoms with van der Waals surface area (Å²) in [5.41, 5.74) is -2.10. The molecule has 3 heterocycles. The zero-order valence-corrected chi connectivity index (χ0v) is 15.6. The van der Waals surface area contributed by atoms with Crippen molar-refractivity contribution in [1.82, 2.24) is 29.5 Å². The number of aromatic amines is 1. The minimum absolute atomic E-state index is 0.0883. The highest BCUT2D eigenvalue weighted by Gasteiger charge is 2.36. The number of nitrogens with one attached hydrogen (secondary N) is 2. The highest BCUT2D eigenvalue weighted by molar-refractivity contribution is 7.90. The van der Waals surface area contributed by atoms with Gasteiger partial charge in [0.15, 0.2) is 17.3 Å². The van der Waals surface area contributed by atoms with Crippen LogP contribution in [-0.4, -0.2) is 44.2 Å². The molecule has 0 fully saturated rings. The quantitative estimate of drug-likeness (QED) is 0.461. The Morgan fingerprint density at radius 3 is 2.57 bits per heavy atom. The number of imidazole rings is 1. The van der Waals surface area contributed by atoms with E-state index in [2.05, 4.69) is 30.4 Å². The fraction of sp³-hybridized carbons (Fsp3) is 0.200. The third-order valence-corrected chi connectivity index (χ3v) is 4.84. The zero-order valence-electron chi connectivity index (χ0n) is 14.8. The molecule has 15 heteroatoms. The van der Waals surface area contributed by atoms with Gasteiger partial charge in [0.25, 0.3) is 5.16 Å². The topological polar surface area (TPSA) is 118 Å². The molecule has 0 radical (unpaired) electrons. The van der Waals surface area contributed by atoms with Gasteiger partial charge < -0.3 is 10.3 Å². The molecular weight excluding hydrogens is 437 g/mol. The highest BCUT2D eigenvalue weighted by Crippen LogP contribution is 2.32. The second-order valence-electron chi connectivity index (χ2n) is 6.19. The molecule has 0 aliphatic rings. The van der Waals surface area contributed by atoms with E-state index in [4.69, 9.17) is 0 Å². The molecule has 1 aromatic carbocycles. The molecule has 0 aliphatic heterocycles. The van der Waals surface area contributed by atoms with E-state index in [9.17, 15) is 30.4 Å². The van der Waals surface area contributed by atoms with Crippen LogP contribution >= 0.6 is 0 Å². The number of fused-ring (bicyclic) bond motifs is 2. The summed E-state index contributed by atoms with van der Waals surface area (Å²) in [6, 6.07) is 2.17. The van der Waals surface area contributed by atoms with Crippen molar-refractivity contribution in [3.63, 3.8) is 0 Å². The van der Waals surface area contributed by atoms with E-state index in [0.717, 1.165) is 12.3 Å². The largest absolute Gasteiger partial charge is 0.421 e. The molecule has 0 saturated carbocycles. The van der Waals surface area contributed by atoms with Gasteiger partial charge in [-0.15, -0.1) is 0 Å². The Bertz CT molecular complexity index is 1390. The normalized spacial score (nSPS) is 12.7. The standard InChI is InChI=1S/C15H10F5N7O2S/c1-30(28,29)14-25-12-6(15(18,19)20)4-22-27(12)13(26-14)21-5-9-23-8-3-2-7(16)10(17)11(8)24-9/h2-4H,5H2,1H3,(H,23,24)(H,21,25,26). The van der Waals surface area contributed by atoms with Crippen molar-refractivity contribution in [3.05, 3.63) is 41.4 Å². The van der Waals surface area contributed by atoms with Crippen LogP contribution in [0.5, 0.6) is 0 Å². The molecule has 2 N–H and O–H groups in total. The summed E-state index contributed by atoms with van der Waals surface area (Å²) >= 11 is 0. The third-order valence-electron chi connectivity index (χ3n) is 3.99. The summed E-state index contributed by atoms with van der Waals surface area (Å²) in [5, 5.41) is 5.30. The predicted octanol–water partition coefficient (Wildman–Crippen LogP) is 2.31. The van der Waals surface area contributed by atoms with Crippen molar-refractivity contribution in [2.45, 2.75) is 17.9 Å². The number of hydrogen-bond donors (Lipinski definition) is 2. The van der Waals surface area contributed by atoms with Crippen LogP contribution in [0.15, 0.2) is 23.5 Å². The summed E-state index contributed by atoms with van der Waals surface area (Å²) in [6.07, 6.45) is -3.61. The van der Waals surface area contributed by atoms with E-state index < -0.39 is 44.0 Å². The Morgan fingerprint density at radius 1 is 1.17 bits per heavy atom. The van der Waals surface area contributed by atoms with Crippen LogP contribution in [-0.2, 0) is 22.6 Å². The number of nitrogens with zero attached hydrogens (tertiary/aromatic N) is 5. The first-order chi connectivity index (χ1) is 13.9. The first-order valence-electron chi connectivity index (χ1n) is 8.04. The molecule has 158 valence electrons. The van der Waals surface area contributed by atoms with Crippen molar-refractivity contribution in [2.75, 3.05) is 11.6 Å². The first kappa shape index (κ1) is 19.9. The molecule has 3 aromatic heterocycles. The lowest BCUT2D eigenvalue weighted by Gasteiger charge is -2.09. The first-order valence-corrected chi connectivity index (χ1v) is 9.94. The Hall–Kier alpha value is -3.36. The van der Waals surface area contributed by atoms with Gasteiger partial charge >= 0.3 is 6.18 Å². The maximum Gasteiger partial charge on any atom is 0.421 e. The Morgan fingerprint density at radius 2 is 1.90 bits per heavy atom. The van der Waals surface area contributed by atoms with Crippen LogP contribution in [0.3, 0.4) is 0 Å². The molecule has 0 atom stereocenters. The van der Waals surface area contributed by atoms with E-state index in [1.165, 1.54) is 6.07 Å². The molecule has 0 aliphatic carbocycles. The molecule has 4 aromatic rings.